The third-order valence-corrected chi connectivity index (χ3v) is 3.01. The van der Waals surface area contributed by atoms with Crippen LogP contribution in [-0.4, -0.2) is 30.7 Å². The molecule has 0 aliphatic rings. The molecule has 0 bridgehead atoms. The highest BCUT2D eigenvalue weighted by Gasteiger charge is 2.12. The molecule has 0 amide bonds. The van der Waals surface area contributed by atoms with Crippen molar-refractivity contribution < 1.29 is 19.4 Å². The number of nitrogen functional groups attached to an aromatic ring is 1. The number of hydrogen-bond donors (Lipinski definition) is 2. The Kier molecular flexibility index (Phi) is 4.20. The minimum Gasteiger partial charge on any atom is -0.493 e. The van der Waals surface area contributed by atoms with Crippen LogP contribution in [0.1, 0.15) is 10.4 Å². The number of carboxylic acids is 1. The molecule has 0 radical (unpaired) electrons. The summed E-state index contributed by atoms with van der Waals surface area (Å²) >= 11 is 5.59. The first kappa shape index (κ1) is 14.3. The van der Waals surface area contributed by atoms with Gasteiger partial charge < -0.3 is 20.3 Å². The monoisotopic (exact) mass is 295 g/mol. The summed E-state index contributed by atoms with van der Waals surface area (Å²) in [5, 5.41) is 10.6. The van der Waals surface area contributed by atoms with Gasteiger partial charge in [-0.2, -0.15) is 0 Å². The predicted molar refractivity (Wildman–Crippen MR) is 78.1 cm³/mol. The molecular weight excluding hydrogens is 282 g/mol. The van der Waals surface area contributed by atoms with Crippen molar-refractivity contribution in [2.45, 2.75) is 0 Å². The number of alkyl halides is 1. The molecule has 0 saturated carbocycles. The molecule has 0 atom stereocenters. The summed E-state index contributed by atoms with van der Waals surface area (Å²) in [5.74, 6) is 0.346. The van der Waals surface area contributed by atoms with Gasteiger partial charge in [0.05, 0.1) is 18.6 Å². The largest absolute Gasteiger partial charge is 0.493 e. The van der Waals surface area contributed by atoms with Crippen LogP contribution in [-0.2, 0) is 0 Å². The number of ether oxygens (including phenoxy) is 2. The van der Waals surface area contributed by atoms with Crippen molar-refractivity contribution in [2.24, 2.45) is 0 Å². The lowest BCUT2D eigenvalue weighted by molar-refractivity contribution is 0.0698. The average molecular weight is 296 g/mol. The Labute approximate surface area is 120 Å². The molecule has 2 rings (SSSR count). The van der Waals surface area contributed by atoms with Crippen molar-refractivity contribution in [3.8, 4) is 11.5 Å². The summed E-state index contributed by atoms with van der Waals surface area (Å²) in [5.41, 5.74) is 6.00. The van der Waals surface area contributed by atoms with E-state index in [0.717, 1.165) is 5.39 Å². The minimum atomic E-state index is -1.07. The number of anilines is 1. The van der Waals surface area contributed by atoms with E-state index in [4.69, 9.17) is 31.9 Å². The smallest absolute Gasteiger partial charge is 0.337 e. The molecular formula is C14H14ClNO4. The van der Waals surface area contributed by atoms with Crippen molar-refractivity contribution in [3.05, 3.63) is 29.8 Å². The lowest BCUT2D eigenvalue weighted by Gasteiger charge is -2.12. The van der Waals surface area contributed by atoms with Gasteiger partial charge in [-0.3, -0.25) is 0 Å². The molecule has 0 heterocycles. The van der Waals surface area contributed by atoms with Gasteiger partial charge in [0.2, 0.25) is 0 Å². The number of fused-ring (bicyclic) bond motifs is 1. The maximum atomic E-state index is 11.1. The zero-order chi connectivity index (χ0) is 14.7. The molecule has 0 unspecified atom stereocenters. The fourth-order valence-electron chi connectivity index (χ4n) is 1.93. The van der Waals surface area contributed by atoms with Crippen molar-refractivity contribution in [2.75, 3.05) is 25.3 Å². The Morgan fingerprint density at radius 1 is 1.25 bits per heavy atom. The summed E-state index contributed by atoms with van der Waals surface area (Å²) in [4.78, 5) is 11.1. The van der Waals surface area contributed by atoms with E-state index in [0.29, 0.717) is 29.4 Å². The Bertz CT molecular complexity index is 657. The number of carboxylic acid groups (broad SMARTS) is 1. The maximum absolute atomic E-state index is 11.1. The molecule has 3 N–H and O–H groups in total. The van der Waals surface area contributed by atoms with E-state index < -0.39 is 5.97 Å². The van der Waals surface area contributed by atoms with E-state index in [1.165, 1.54) is 13.2 Å². The number of hydrogen-bond acceptors (Lipinski definition) is 4. The van der Waals surface area contributed by atoms with Gasteiger partial charge in [0.25, 0.3) is 0 Å². The molecule has 5 nitrogen and oxygen atoms in total. The van der Waals surface area contributed by atoms with Gasteiger partial charge in [-0.05, 0) is 35.0 Å². The first-order valence-electron chi connectivity index (χ1n) is 5.90. The van der Waals surface area contributed by atoms with Gasteiger partial charge in [-0.15, -0.1) is 11.6 Å². The second-order valence-corrected chi connectivity index (χ2v) is 4.51. The van der Waals surface area contributed by atoms with Gasteiger partial charge in [-0.25, -0.2) is 4.79 Å². The number of rotatable bonds is 5. The maximum Gasteiger partial charge on any atom is 0.337 e. The van der Waals surface area contributed by atoms with Crippen LogP contribution < -0.4 is 15.2 Å². The van der Waals surface area contributed by atoms with E-state index >= 15 is 0 Å². The lowest BCUT2D eigenvalue weighted by atomic mass is 10.0. The second-order valence-electron chi connectivity index (χ2n) is 4.13. The van der Waals surface area contributed by atoms with Crippen LogP contribution in [0.5, 0.6) is 11.5 Å². The third kappa shape index (κ3) is 2.72. The Morgan fingerprint density at radius 2 is 1.90 bits per heavy atom. The Morgan fingerprint density at radius 3 is 2.50 bits per heavy atom. The van der Waals surface area contributed by atoms with Crippen LogP contribution in [0.15, 0.2) is 24.3 Å². The van der Waals surface area contributed by atoms with Gasteiger partial charge in [-0.1, -0.05) is 0 Å². The zero-order valence-electron chi connectivity index (χ0n) is 10.9. The molecule has 0 saturated heterocycles. The topological polar surface area (TPSA) is 81.8 Å². The van der Waals surface area contributed by atoms with Gasteiger partial charge in [0.1, 0.15) is 6.61 Å². The molecule has 0 spiro atoms. The van der Waals surface area contributed by atoms with Crippen LogP contribution in [0.2, 0.25) is 0 Å². The van der Waals surface area contributed by atoms with Crippen molar-refractivity contribution >= 4 is 34.0 Å². The highest BCUT2D eigenvalue weighted by molar-refractivity contribution is 6.18. The van der Waals surface area contributed by atoms with Gasteiger partial charge in [0, 0.05) is 5.69 Å². The number of carbonyl (C=O) groups is 1. The third-order valence-electron chi connectivity index (χ3n) is 2.86. The van der Waals surface area contributed by atoms with Crippen LogP contribution in [0.4, 0.5) is 5.69 Å². The summed E-state index contributed by atoms with van der Waals surface area (Å²) in [6.45, 7) is 0.337. The Hall–Kier alpha value is -2.14. The van der Waals surface area contributed by atoms with E-state index in [2.05, 4.69) is 0 Å². The normalized spacial score (nSPS) is 10.5. The van der Waals surface area contributed by atoms with E-state index in [-0.39, 0.29) is 11.3 Å². The van der Waals surface area contributed by atoms with Crippen LogP contribution in [0.25, 0.3) is 10.8 Å². The second kappa shape index (κ2) is 5.88. The highest BCUT2D eigenvalue weighted by atomic mass is 35.5. The fraction of sp³-hybridized carbons (Fsp3) is 0.214. The van der Waals surface area contributed by atoms with Crippen molar-refractivity contribution in [1.29, 1.82) is 0 Å². The van der Waals surface area contributed by atoms with Gasteiger partial charge in [0.15, 0.2) is 11.5 Å². The minimum absolute atomic E-state index is 0.0611. The number of benzene rings is 2. The lowest BCUT2D eigenvalue weighted by Crippen LogP contribution is -2.03. The Balaban J connectivity index is 2.59. The molecule has 0 aromatic heterocycles. The van der Waals surface area contributed by atoms with Crippen LogP contribution >= 0.6 is 11.6 Å². The van der Waals surface area contributed by atoms with Crippen molar-refractivity contribution in [1.82, 2.24) is 0 Å². The fourth-order valence-corrected chi connectivity index (χ4v) is 2.01. The van der Waals surface area contributed by atoms with Crippen molar-refractivity contribution in [3.63, 3.8) is 0 Å². The van der Waals surface area contributed by atoms with E-state index in [9.17, 15) is 4.79 Å². The molecule has 6 heteroatoms. The zero-order valence-corrected chi connectivity index (χ0v) is 11.6. The molecule has 106 valence electrons. The standard InChI is InChI=1S/C14H14ClNO4/c1-19-12-6-9-5-11(16)10(14(17)18)4-8(9)7-13(12)20-3-2-15/h4-7H,2-3,16H2,1H3,(H,17,18). The summed E-state index contributed by atoms with van der Waals surface area (Å²) < 4.78 is 10.7. The van der Waals surface area contributed by atoms with E-state index in [1.807, 2.05) is 0 Å². The summed E-state index contributed by atoms with van der Waals surface area (Å²) in [6, 6.07) is 6.58. The number of nitrogens with two attached hydrogens (primary N) is 1. The molecule has 2 aromatic carbocycles. The molecule has 0 aliphatic carbocycles. The quantitative estimate of drug-likeness (QED) is 0.655. The molecule has 20 heavy (non-hydrogen) atoms. The SMILES string of the molecule is COc1cc2cc(N)c(C(=O)O)cc2cc1OCCCl. The number of methoxy groups -OCH3 is 1. The summed E-state index contributed by atoms with van der Waals surface area (Å²) in [6.07, 6.45) is 0. The van der Waals surface area contributed by atoms with Gasteiger partial charge >= 0.3 is 5.97 Å². The predicted octanol–water partition coefficient (Wildman–Crippen LogP) is 2.75. The summed E-state index contributed by atoms with van der Waals surface area (Å²) in [7, 11) is 1.53. The average Bonchev–Trinajstić information content (AvgIpc) is 2.43. The molecule has 0 aliphatic heterocycles. The highest BCUT2D eigenvalue weighted by Crippen LogP contribution is 2.34. The van der Waals surface area contributed by atoms with Crippen LogP contribution in [0.3, 0.4) is 0 Å². The molecule has 2 aromatic rings. The first-order valence-corrected chi connectivity index (χ1v) is 6.43. The number of aromatic carboxylic acids is 1. The number of halogens is 1. The first-order chi connectivity index (χ1) is 9.56. The van der Waals surface area contributed by atoms with Crippen LogP contribution in [0, 0.1) is 0 Å². The molecule has 0 fully saturated rings. The van der Waals surface area contributed by atoms with E-state index in [1.54, 1.807) is 18.2 Å².